The quantitative estimate of drug-likeness (QED) is 0.835. The molecule has 19 heavy (non-hydrogen) atoms. The molecule has 0 saturated carbocycles. The van der Waals surface area contributed by atoms with Gasteiger partial charge in [0, 0.05) is 42.3 Å². The standard InChI is InChI=1S/C15H21BrN2O/c1-11(2)9-14(18-7-5-17-6-8-18)13-4-3-12(16)10-15(13)19/h3-4,10,14,17,19H,1,5-9H2,2H3/t14-/m1/s1. The molecule has 1 aliphatic heterocycles. The maximum Gasteiger partial charge on any atom is 0.121 e. The largest absolute Gasteiger partial charge is 0.508 e. The number of phenols is 1. The van der Waals surface area contributed by atoms with E-state index in [9.17, 15) is 5.11 Å². The summed E-state index contributed by atoms with van der Waals surface area (Å²) in [5, 5.41) is 13.6. The highest BCUT2D eigenvalue weighted by molar-refractivity contribution is 9.10. The van der Waals surface area contributed by atoms with E-state index in [0.717, 1.165) is 48.2 Å². The van der Waals surface area contributed by atoms with Crippen LogP contribution in [-0.4, -0.2) is 36.2 Å². The predicted octanol–water partition coefficient (Wildman–Crippen LogP) is 3.07. The Morgan fingerprint density at radius 1 is 1.47 bits per heavy atom. The predicted molar refractivity (Wildman–Crippen MR) is 82.4 cm³/mol. The van der Waals surface area contributed by atoms with Gasteiger partial charge in [-0.2, -0.15) is 0 Å². The lowest BCUT2D eigenvalue weighted by molar-refractivity contribution is 0.170. The lowest BCUT2D eigenvalue weighted by Crippen LogP contribution is -2.45. The van der Waals surface area contributed by atoms with E-state index in [1.165, 1.54) is 0 Å². The van der Waals surface area contributed by atoms with Crippen LogP contribution >= 0.6 is 15.9 Å². The van der Waals surface area contributed by atoms with Crippen LogP contribution < -0.4 is 5.32 Å². The van der Waals surface area contributed by atoms with E-state index < -0.39 is 0 Å². The van der Waals surface area contributed by atoms with Crippen LogP contribution in [0, 0.1) is 0 Å². The summed E-state index contributed by atoms with van der Waals surface area (Å²) in [6, 6.07) is 5.98. The first-order valence-electron chi connectivity index (χ1n) is 6.65. The van der Waals surface area contributed by atoms with Crippen molar-refractivity contribution in [1.29, 1.82) is 0 Å². The van der Waals surface area contributed by atoms with Crippen molar-refractivity contribution in [2.24, 2.45) is 0 Å². The van der Waals surface area contributed by atoms with Crippen molar-refractivity contribution in [2.75, 3.05) is 26.2 Å². The zero-order chi connectivity index (χ0) is 13.8. The van der Waals surface area contributed by atoms with Gasteiger partial charge in [-0.05, 0) is 25.5 Å². The van der Waals surface area contributed by atoms with Gasteiger partial charge in [-0.25, -0.2) is 0 Å². The number of piperazine rings is 1. The Labute approximate surface area is 123 Å². The van der Waals surface area contributed by atoms with Gasteiger partial charge in [0.25, 0.3) is 0 Å². The average Bonchev–Trinajstić information content (AvgIpc) is 2.37. The van der Waals surface area contributed by atoms with Gasteiger partial charge in [-0.15, -0.1) is 6.58 Å². The number of rotatable bonds is 4. The molecule has 0 aromatic heterocycles. The molecule has 4 heteroatoms. The Kier molecular flexibility index (Phi) is 5.02. The lowest BCUT2D eigenvalue weighted by atomic mass is 9.97. The van der Waals surface area contributed by atoms with E-state index in [-0.39, 0.29) is 6.04 Å². The first-order valence-corrected chi connectivity index (χ1v) is 7.45. The number of nitrogens with one attached hydrogen (secondary N) is 1. The Bertz CT molecular complexity index is 455. The summed E-state index contributed by atoms with van der Waals surface area (Å²) in [7, 11) is 0. The Balaban J connectivity index is 2.27. The summed E-state index contributed by atoms with van der Waals surface area (Å²) in [6.07, 6.45) is 0.884. The second-order valence-corrected chi connectivity index (χ2v) is 6.08. The maximum absolute atomic E-state index is 10.2. The number of hydrogen-bond acceptors (Lipinski definition) is 3. The number of halogens is 1. The molecule has 2 N–H and O–H groups in total. The van der Waals surface area contributed by atoms with E-state index in [4.69, 9.17) is 0 Å². The minimum Gasteiger partial charge on any atom is -0.508 e. The molecular weight excluding hydrogens is 304 g/mol. The minimum absolute atomic E-state index is 0.215. The Morgan fingerprint density at radius 3 is 2.74 bits per heavy atom. The first kappa shape index (κ1) is 14.6. The second kappa shape index (κ2) is 6.55. The molecule has 104 valence electrons. The molecule has 1 aliphatic rings. The van der Waals surface area contributed by atoms with Crippen LogP contribution in [0.1, 0.15) is 24.9 Å². The van der Waals surface area contributed by atoms with Gasteiger partial charge in [0.05, 0.1) is 0 Å². The molecule has 0 aliphatic carbocycles. The maximum atomic E-state index is 10.2. The van der Waals surface area contributed by atoms with Crippen molar-refractivity contribution < 1.29 is 5.11 Å². The average molecular weight is 325 g/mol. The molecule has 0 spiro atoms. The summed E-state index contributed by atoms with van der Waals surface area (Å²) in [4.78, 5) is 2.42. The van der Waals surface area contributed by atoms with Crippen LogP contribution in [-0.2, 0) is 0 Å². The van der Waals surface area contributed by atoms with Crippen LogP contribution in [0.15, 0.2) is 34.8 Å². The topological polar surface area (TPSA) is 35.5 Å². The monoisotopic (exact) mass is 324 g/mol. The second-order valence-electron chi connectivity index (χ2n) is 5.17. The zero-order valence-electron chi connectivity index (χ0n) is 11.3. The van der Waals surface area contributed by atoms with Crippen LogP contribution in [0.25, 0.3) is 0 Å². The third kappa shape index (κ3) is 3.81. The van der Waals surface area contributed by atoms with Crippen molar-refractivity contribution in [2.45, 2.75) is 19.4 Å². The molecule has 0 amide bonds. The normalized spacial score (nSPS) is 18.2. The van der Waals surface area contributed by atoms with Crippen LogP contribution in [0.3, 0.4) is 0 Å². The molecule has 1 saturated heterocycles. The minimum atomic E-state index is 0.215. The number of aromatic hydroxyl groups is 1. The van der Waals surface area contributed by atoms with Gasteiger partial charge in [-0.1, -0.05) is 27.6 Å². The molecule has 1 heterocycles. The van der Waals surface area contributed by atoms with Gasteiger partial charge in [0.15, 0.2) is 0 Å². The summed E-state index contributed by atoms with van der Waals surface area (Å²) >= 11 is 3.39. The van der Waals surface area contributed by atoms with Crippen LogP contribution in [0.4, 0.5) is 0 Å². The zero-order valence-corrected chi connectivity index (χ0v) is 12.9. The molecule has 1 atom stereocenters. The summed E-state index contributed by atoms with van der Waals surface area (Å²) in [5.74, 6) is 0.360. The van der Waals surface area contributed by atoms with E-state index in [1.54, 1.807) is 6.07 Å². The molecule has 1 aromatic carbocycles. The van der Waals surface area contributed by atoms with Gasteiger partial charge < -0.3 is 10.4 Å². The highest BCUT2D eigenvalue weighted by Crippen LogP contribution is 2.34. The van der Waals surface area contributed by atoms with E-state index in [2.05, 4.69) is 32.7 Å². The Hall–Kier alpha value is -0.840. The number of benzene rings is 1. The van der Waals surface area contributed by atoms with E-state index in [1.807, 2.05) is 19.1 Å². The fourth-order valence-electron chi connectivity index (χ4n) is 2.56. The van der Waals surface area contributed by atoms with Gasteiger partial charge in [0.1, 0.15) is 5.75 Å². The third-order valence-corrected chi connectivity index (χ3v) is 3.98. The van der Waals surface area contributed by atoms with Gasteiger partial charge in [0.2, 0.25) is 0 Å². The van der Waals surface area contributed by atoms with Crippen molar-refractivity contribution in [3.05, 3.63) is 40.4 Å². The number of phenolic OH excluding ortho intramolecular Hbond substituents is 1. The van der Waals surface area contributed by atoms with Gasteiger partial charge >= 0.3 is 0 Å². The fraction of sp³-hybridized carbons (Fsp3) is 0.467. The van der Waals surface area contributed by atoms with Crippen molar-refractivity contribution in [1.82, 2.24) is 10.2 Å². The SMILES string of the molecule is C=C(C)C[C@H](c1ccc(Br)cc1O)N1CCNCC1. The highest BCUT2D eigenvalue weighted by atomic mass is 79.9. The van der Waals surface area contributed by atoms with Crippen LogP contribution in [0.5, 0.6) is 5.75 Å². The smallest absolute Gasteiger partial charge is 0.121 e. The van der Waals surface area contributed by atoms with Gasteiger partial charge in [-0.3, -0.25) is 4.90 Å². The molecule has 0 bridgehead atoms. The molecule has 3 nitrogen and oxygen atoms in total. The molecule has 1 aromatic rings. The van der Waals surface area contributed by atoms with Crippen molar-refractivity contribution in [3.63, 3.8) is 0 Å². The molecular formula is C15H21BrN2O. The number of nitrogens with zero attached hydrogens (tertiary/aromatic N) is 1. The summed E-state index contributed by atoms with van der Waals surface area (Å²) < 4.78 is 0.906. The molecule has 0 radical (unpaired) electrons. The number of hydrogen-bond donors (Lipinski definition) is 2. The molecule has 0 unspecified atom stereocenters. The first-order chi connectivity index (χ1) is 9.08. The molecule has 2 rings (SSSR count). The summed E-state index contributed by atoms with van der Waals surface area (Å²) in [6.45, 7) is 10.1. The summed E-state index contributed by atoms with van der Waals surface area (Å²) in [5.41, 5.74) is 2.14. The fourth-order valence-corrected chi connectivity index (χ4v) is 2.91. The van der Waals surface area contributed by atoms with Crippen LogP contribution in [0.2, 0.25) is 0 Å². The highest BCUT2D eigenvalue weighted by Gasteiger charge is 2.24. The molecule has 1 fully saturated rings. The Morgan fingerprint density at radius 2 is 2.16 bits per heavy atom. The van der Waals surface area contributed by atoms with Crippen molar-refractivity contribution in [3.8, 4) is 5.75 Å². The lowest BCUT2D eigenvalue weighted by Gasteiger charge is -2.35. The van der Waals surface area contributed by atoms with E-state index >= 15 is 0 Å². The third-order valence-electron chi connectivity index (χ3n) is 3.49. The van der Waals surface area contributed by atoms with E-state index in [0.29, 0.717) is 5.75 Å². The van der Waals surface area contributed by atoms with Crippen molar-refractivity contribution >= 4 is 15.9 Å².